The minimum atomic E-state index is -0.928. The fourth-order valence-corrected chi connectivity index (χ4v) is 3.17. The number of carbonyl (C=O) groups excluding carboxylic acids is 1. The SMILES string of the molecule is O=C(O)c1ccc(-c2ccc(-c3cccc4c3CNC4=O)cc2)cc1. The molecule has 0 atom stereocenters. The molecule has 25 heavy (non-hydrogen) atoms. The van der Waals surface area contributed by atoms with Gasteiger partial charge >= 0.3 is 5.97 Å². The number of hydrogen-bond donors (Lipinski definition) is 2. The highest BCUT2D eigenvalue weighted by Gasteiger charge is 2.21. The molecule has 3 aromatic rings. The molecule has 1 aliphatic heterocycles. The summed E-state index contributed by atoms with van der Waals surface area (Å²) in [5.74, 6) is -0.949. The molecule has 0 aromatic heterocycles. The number of hydrogen-bond acceptors (Lipinski definition) is 2. The number of fused-ring (bicyclic) bond motifs is 1. The topological polar surface area (TPSA) is 66.4 Å². The molecule has 122 valence electrons. The highest BCUT2D eigenvalue weighted by molar-refractivity contribution is 6.00. The molecule has 0 unspecified atom stereocenters. The molecule has 0 saturated heterocycles. The predicted octanol–water partition coefficient (Wildman–Crippen LogP) is 3.96. The molecule has 0 spiro atoms. The van der Waals surface area contributed by atoms with Gasteiger partial charge in [-0.2, -0.15) is 0 Å². The van der Waals surface area contributed by atoms with Gasteiger partial charge < -0.3 is 10.4 Å². The van der Waals surface area contributed by atoms with Crippen LogP contribution in [0.5, 0.6) is 0 Å². The molecule has 4 heteroatoms. The second-order valence-corrected chi connectivity index (χ2v) is 5.97. The van der Waals surface area contributed by atoms with E-state index < -0.39 is 5.97 Å². The summed E-state index contributed by atoms with van der Waals surface area (Å²) < 4.78 is 0. The van der Waals surface area contributed by atoms with Crippen molar-refractivity contribution in [2.75, 3.05) is 0 Å². The van der Waals surface area contributed by atoms with E-state index in [2.05, 4.69) is 5.32 Å². The van der Waals surface area contributed by atoms with Crippen molar-refractivity contribution in [1.29, 1.82) is 0 Å². The Balaban J connectivity index is 1.67. The van der Waals surface area contributed by atoms with Crippen LogP contribution in [0, 0.1) is 0 Å². The van der Waals surface area contributed by atoms with E-state index >= 15 is 0 Å². The van der Waals surface area contributed by atoms with Crippen molar-refractivity contribution in [2.45, 2.75) is 6.54 Å². The van der Waals surface area contributed by atoms with Gasteiger partial charge in [0, 0.05) is 12.1 Å². The molecule has 0 bridgehead atoms. The molecule has 0 fully saturated rings. The summed E-state index contributed by atoms with van der Waals surface area (Å²) in [7, 11) is 0. The van der Waals surface area contributed by atoms with Gasteiger partial charge in [0.2, 0.25) is 0 Å². The second-order valence-electron chi connectivity index (χ2n) is 5.97. The minimum absolute atomic E-state index is 0.0213. The third kappa shape index (κ3) is 2.68. The van der Waals surface area contributed by atoms with Crippen LogP contribution in [0.15, 0.2) is 66.7 Å². The van der Waals surface area contributed by atoms with Crippen LogP contribution in [-0.2, 0) is 6.54 Å². The number of carbonyl (C=O) groups is 2. The molecule has 2 N–H and O–H groups in total. The van der Waals surface area contributed by atoms with Gasteiger partial charge in [-0.15, -0.1) is 0 Å². The Morgan fingerprint density at radius 1 is 0.800 bits per heavy atom. The smallest absolute Gasteiger partial charge is 0.335 e. The first-order valence-corrected chi connectivity index (χ1v) is 7.98. The number of amides is 1. The Hall–Kier alpha value is -3.40. The van der Waals surface area contributed by atoms with Crippen LogP contribution in [0.3, 0.4) is 0 Å². The first kappa shape index (κ1) is 15.1. The lowest BCUT2D eigenvalue weighted by molar-refractivity contribution is 0.0696. The fourth-order valence-electron chi connectivity index (χ4n) is 3.17. The third-order valence-corrected chi connectivity index (χ3v) is 4.51. The third-order valence-electron chi connectivity index (χ3n) is 4.51. The Kier molecular flexibility index (Phi) is 3.58. The van der Waals surface area contributed by atoms with Crippen LogP contribution in [-0.4, -0.2) is 17.0 Å². The average molecular weight is 329 g/mol. The van der Waals surface area contributed by atoms with Crippen LogP contribution < -0.4 is 5.32 Å². The van der Waals surface area contributed by atoms with Gasteiger partial charge in [-0.05, 0) is 46.0 Å². The van der Waals surface area contributed by atoms with Crippen LogP contribution in [0.1, 0.15) is 26.3 Å². The summed E-state index contributed by atoms with van der Waals surface area (Å²) in [5, 5.41) is 11.8. The number of carboxylic acids is 1. The molecule has 0 saturated carbocycles. The number of aromatic carboxylic acids is 1. The second kappa shape index (κ2) is 5.91. The molecule has 0 aliphatic carbocycles. The summed E-state index contributed by atoms with van der Waals surface area (Å²) in [6.45, 7) is 0.558. The van der Waals surface area contributed by atoms with Crippen molar-refractivity contribution in [1.82, 2.24) is 5.32 Å². The predicted molar refractivity (Wildman–Crippen MR) is 95.4 cm³/mol. The minimum Gasteiger partial charge on any atom is -0.478 e. The van der Waals surface area contributed by atoms with Gasteiger partial charge in [0.25, 0.3) is 5.91 Å². The van der Waals surface area contributed by atoms with E-state index in [0.29, 0.717) is 6.54 Å². The number of carboxylic acid groups (broad SMARTS) is 1. The summed E-state index contributed by atoms with van der Waals surface area (Å²) in [6, 6.07) is 20.7. The maximum absolute atomic E-state index is 11.8. The number of rotatable bonds is 3. The summed E-state index contributed by atoms with van der Waals surface area (Å²) in [4.78, 5) is 22.7. The molecule has 1 heterocycles. The van der Waals surface area contributed by atoms with Crippen molar-refractivity contribution < 1.29 is 14.7 Å². The Bertz CT molecular complexity index is 973. The normalized spacial score (nSPS) is 12.6. The average Bonchev–Trinajstić information content (AvgIpc) is 3.03. The van der Waals surface area contributed by atoms with E-state index in [4.69, 9.17) is 5.11 Å². The lowest BCUT2D eigenvalue weighted by Crippen LogP contribution is -2.12. The monoisotopic (exact) mass is 329 g/mol. The zero-order chi connectivity index (χ0) is 17.4. The maximum atomic E-state index is 11.8. The number of nitrogens with one attached hydrogen (secondary N) is 1. The number of benzene rings is 3. The van der Waals surface area contributed by atoms with Gasteiger partial charge in [-0.1, -0.05) is 48.5 Å². The quantitative estimate of drug-likeness (QED) is 0.764. The van der Waals surface area contributed by atoms with Crippen LogP contribution in [0.2, 0.25) is 0 Å². The highest BCUT2D eigenvalue weighted by Crippen LogP contribution is 2.31. The Morgan fingerprint density at radius 3 is 2.00 bits per heavy atom. The van der Waals surface area contributed by atoms with Crippen molar-refractivity contribution in [3.8, 4) is 22.3 Å². The molecule has 3 aromatic carbocycles. The van der Waals surface area contributed by atoms with Gasteiger partial charge in [0.05, 0.1) is 5.56 Å². The van der Waals surface area contributed by atoms with Crippen molar-refractivity contribution in [3.63, 3.8) is 0 Å². The summed E-state index contributed by atoms with van der Waals surface area (Å²) >= 11 is 0. The van der Waals surface area contributed by atoms with Crippen molar-refractivity contribution >= 4 is 11.9 Å². The van der Waals surface area contributed by atoms with E-state index in [0.717, 1.165) is 33.4 Å². The molecular weight excluding hydrogens is 314 g/mol. The molecule has 1 amide bonds. The molecule has 4 rings (SSSR count). The van der Waals surface area contributed by atoms with Crippen LogP contribution >= 0.6 is 0 Å². The van der Waals surface area contributed by atoms with Gasteiger partial charge in [0.1, 0.15) is 0 Å². The lowest BCUT2D eigenvalue weighted by Gasteiger charge is -2.09. The lowest BCUT2D eigenvalue weighted by atomic mass is 9.95. The first-order chi connectivity index (χ1) is 12.1. The highest BCUT2D eigenvalue weighted by atomic mass is 16.4. The van der Waals surface area contributed by atoms with Gasteiger partial charge in [-0.25, -0.2) is 4.79 Å². The Morgan fingerprint density at radius 2 is 1.36 bits per heavy atom. The van der Waals surface area contributed by atoms with Crippen LogP contribution in [0.25, 0.3) is 22.3 Å². The van der Waals surface area contributed by atoms with Gasteiger partial charge in [0.15, 0.2) is 0 Å². The van der Waals surface area contributed by atoms with E-state index in [1.807, 2.05) is 42.5 Å². The maximum Gasteiger partial charge on any atom is 0.335 e. The van der Waals surface area contributed by atoms with Crippen molar-refractivity contribution in [3.05, 3.63) is 83.4 Å². The standard InChI is InChI=1S/C21H15NO3/c23-20-18-3-1-2-17(19(18)12-22-20)15-8-4-13(5-9-15)14-6-10-16(11-7-14)21(24)25/h1-11H,12H2,(H,22,23)(H,24,25). The fraction of sp³-hybridized carbons (Fsp3) is 0.0476. The van der Waals surface area contributed by atoms with Gasteiger partial charge in [-0.3, -0.25) is 4.79 Å². The molecular formula is C21H15NO3. The van der Waals surface area contributed by atoms with Crippen LogP contribution in [0.4, 0.5) is 0 Å². The van der Waals surface area contributed by atoms with Crippen molar-refractivity contribution in [2.24, 2.45) is 0 Å². The molecule has 1 aliphatic rings. The molecule has 0 radical (unpaired) electrons. The first-order valence-electron chi connectivity index (χ1n) is 7.98. The van der Waals surface area contributed by atoms with E-state index in [-0.39, 0.29) is 11.5 Å². The zero-order valence-electron chi connectivity index (χ0n) is 13.3. The largest absolute Gasteiger partial charge is 0.478 e. The Labute approximate surface area is 144 Å². The van der Waals surface area contributed by atoms with E-state index in [1.54, 1.807) is 24.3 Å². The van der Waals surface area contributed by atoms with E-state index in [9.17, 15) is 9.59 Å². The zero-order valence-corrected chi connectivity index (χ0v) is 13.3. The summed E-state index contributed by atoms with van der Waals surface area (Å²) in [5.41, 5.74) is 6.14. The van der Waals surface area contributed by atoms with E-state index in [1.165, 1.54) is 0 Å². The summed E-state index contributed by atoms with van der Waals surface area (Å²) in [6.07, 6.45) is 0. The molecule has 4 nitrogen and oxygen atoms in total.